The topological polar surface area (TPSA) is 9.23 Å². The number of unbranched alkanes of at least 4 members (excludes halogenated alkanes) is 2. The van der Waals surface area contributed by atoms with Crippen molar-refractivity contribution in [3.63, 3.8) is 0 Å². The van der Waals surface area contributed by atoms with Gasteiger partial charge >= 0.3 is 0 Å². The third-order valence-corrected chi connectivity index (χ3v) is 6.10. The molecule has 0 aromatic rings. The summed E-state index contributed by atoms with van der Waals surface area (Å²) in [5, 5.41) is 0. The highest BCUT2D eigenvalue weighted by Gasteiger charge is 2.18. The predicted molar refractivity (Wildman–Crippen MR) is 62.4 cm³/mol. The third kappa shape index (κ3) is 8.72. The Bertz CT molecular complexity index is 124. The Balaban J connectivity index is 3.26. The van der Waals surface area contributed by atoms with Crippen molar-refractivity contribution in [1.29, 1.82) is 0 Å². The fraction of sp³-hybridized carbons (Fsp3) is 1.00. The fourth-order valence-corrected chi connectivity index (χ4v) is 2.84. The second-order valence-electron chi connectivity index (χ2n) is 4.85. The van der Waals surface area contributed by atoms with E-state index in [0.29, 0.717) is 0 Å². The van der Waals surface area contributed by atoms with Crippen molar-refractivity contribution < 1.29 is 4.12 Å². The quantitative estimate of drug-likeness (QED) is 0.466. The van der Waals surface area contributed by atoms with Crippen molar-refractivity contribution >= 4 is 18.8 Å². The molecular weight excluding hydrogens is 192 g/mol. The first-order chi connectivity index (χ1) is 5.98. The molecule has 0 aliphatic carbocycles. The lowest BCUT2D eigenvalue weighted by Crippen LogP contribution is -2.28. The van der Waals surface area contributed by atoms with E-state index in [1.807, 2.05) is 0 Å². The van der Waals surface area contributed by atoms with Crippen molar-refractivity contribution in [2.24, 2.45) is 5.92 Å². The molecular formula is C10H23OSi2. The Labute approximate surface area is 87.9 Å². The maximum absolute atomic E-state index is 5.31. The van der Waals surface area contributed by atoms with E-state index in [-0.39, 0.29) is 0 Å². The van der Waals surface area contributed by atoms with Crippen LogP contribution >= 0.6 is 0 Å². The monoisotopic (exact) mass is 215 g/mol. The molecule has 0 aliphatic rings. The maximum Gasteiger partial charge on any atom is 0.230 e. The van der Waals surface area contributed by atoms with Crippen LogP contribution in [-0.2, 0) is 4.12 Å². The molecule has 77 valence electrons. The lowest BCUT2D eigenvalue weighted by Gasteiger charge is -2.19. The van der Waals surface area contributed by atoms with Gasteiger partial charge in [-0.05, 0) is 25.1 Å². The van der Waals surface area contributed by atoms with Crippen molar-refractivity contribution in [3.05, 3.63) is 0 Å². The molecule has 13 heavy (non-hydrogen) atoms. The Morgan fingerprint density at radius 1 is 1.15 bits per heavy atom. The predicted octanol–water partition coefficient (Wildman–Crippen LogP) is 3.51. The number of rotatable bonds is 7. The summed E-state index contributed by atoms with van der Waals surface area (Å²) in [6.45, 7) is 9.09. The summed E-state index contributed by atoms with van der Waals surface area (Å²) < 4.78 is 5.31. The van der Waals surface area contributed by atoms with Crippen LogP contribution in [0.4, 0.5) is 0 Å². The molecule has 3 heteroatoms. The normalized spacial score (nSPS) is 12.5. The summed E-state index contributed by atoms with van der Waals surface area (Å²) in [7, 11) is 1.83. The average molecular weight is 215 g/mol. The van der Waals surface area contributed by atoms with E-state index in [1.165, 1.54) is 31.7 Å². The summed E-state index contributed by atoms with van der Waals surface area (Å²) in [6, 6.07) is 1.27. The minimum atomic E-state index is -1.34. The fourth-order valence-electron chi connectivity index (χ4n) is 1.33. The van der Waals surface area contributed by atoms with Crippen LogP contribution in [0.5, 0.6) is 0 Å². The Morgan fingerprint density at radius 2 is 1.77 bits per heavy atom. The maximum atomic E-state index is 5.31. The second kappa shape index (κ2) is 6.79. The van der Waals surface area contributed by atoms with Gasteiger partial charge in [0.2, 0.25) is 10.5 Å². The van der Waals surface area contributed by atoms with Crippen molar-refractivity contribution in [2.45, 2.75) is 58.7 Å². The molecule has 0 aliphatic heterocycles. The zero-order valence-corrected chi connectivity index (χ0v) is 11.5. The minimum absolute atomic E-state index is 0.859. The Kier molecular flexibility index (Phi) is 7.00. The van der Waals surface area contributed by atoms with Crippen molar-refractivity contribution in [1.82, 2.24) is 0 Å². The van der Waals surface area contributed by atoms with E-state index in [0.717, 1.165) is 5.92 Å². The zero-order chi connectivity index (χ0) is 10.3. The van der Waals surface area contributed by atoms with Gasteiger partial charge in [-0.15, -0.1) is 0 Å². The molecule has 0 saturated carbocycles. The average Bonchev–Trinajstić information content (AvgIpc) is 2.03. The molecule has 1 nitrogen and oxygen atoms in total. The van der Waals surface area contributed by atoms with Gasteiger partial charge < -0.3 is 4.12 Å². The molecule has 0 fully saturated rings. The van der Waals surface area contributed by atoms with Crippen LogP contribution in [0.25, 0.3) is 0 Å². The highest BCUT2D eigenvalue weighted by Crippen LogP contribution is 2.16. The third-order valence-electron chi connectivity index (χ3n) is 2.34. The zero-order valence-electron chi connectivity index (χ0n) is 9.52. The molecule has 0 atom stereocenters. The molecule has 0 heterocycles. The van der Waals surface area contributed by atoms with Gasteiger partial charge in [-0.3, -0.25) is 0 Å². The summed E-state index contributed by atoms with van der Waals surface area (Å²) in [5.74, 6) is 0.859. The lowest BCUT2D eigenvalue weighted by molar-refractivity contribution is 0.527. The molecule has 0 spiro atoms. The van der Waals surface area contributed by atoms with Crippen LogP contribution in [0.1, 0.15) is 39.5 Å². The van der Waals surface area contributed by atoms with E-state index in [1.54, 1.807) is 0 Å². The molecule has 3 radical (unpaired) electrons. The van der Waals surface area contributed by atoms with Crippen LogP contribution in [0, 0.1) is 5.92 Å². The molecule has 0 rings (SSSR count). The molecule has 0 unspecified atom stereocenters. The van der Waals surface area contributed by atoms with Crippen LogP contribution in [0.3, 0.4) is 0 Å². The lowest BCUT2D eigenvalue weighted by atomic mass is 10.1. The van der Waals surface area contributed by atoms with Gasteiger partial charge in [0.05, 0.1) is 0 Å². The molecule has 0 saturated heterocycles. The van der Waals surface area contributed by atoms with Crippen LogP contribution in [0.2, 0.25) is 19.1 Å². The van der Waals surface area contributed by atoms with Crippen LogP contribution in [0.15, 0.2) is 0 Å². The summed E-state index contributed by atoms with van der Waals surface area (Å²) in [5.41, 5.74) is 0. The Hall–Kier alpha value is 0.394. The standard InChI is InChI=1S/C10H23OSi2/c1-10(2)8-6-5-7-9-13(3,4)11-12/h10H,5-9H2,1-4H3. The van der Waals surface area contributed by atoms with Gasteiger partial charge in [0.15, 0.2) is 8.32 Å². The van der Waals surface area contributed by atoms with E-state index < -0.39 is 8.32 Å². The summed E-state index contributed by atoms with van der Waals surface area (Å²) in [6.07, 6.45) is 5.45. The van der Waals surface area contributed by atoms with Gasteiger partial charge in [-0.1, -0.05) is 39.5 Å². The van der Waals surface area contributed by atoms with E-state index in [2.05, 4.69) is 37.4 Å². The first-order valence-corrected chi connectivity index (χ1v) is 8.85. The molecule has 0 bridgehead atoms. The molecule has 0 N–H and O–H groups in total. The molecule has 0 aromatic heterocycles. The second-order valence-corrected chi connectivity index (χ2v) is 9.69. The minimum Gasteiger partial charge on any atom is -0.457 e. The van der Waals surface area contributed by atoms with Gasteiger partial charge in [-0.25, -0.2) is 0 Å². The highest BCUT2D eigenvalue weighted by atomic mass is 28.4. The summed E-state index contributed by atoms with van der Waals surface area (Å²) in [4.78, 5) is 0. The van der Waals surface area contributed by atoms with Crippen LogP contribution < -0.4 is 0 Å². The largest absolute Gasteiger partial charge is 0.457 e. The summed E-state index contributed by atoms with van der Waals surface area (Å²) >= 11 is 0. The van der Waals surface area contributed by atoms with Crippen LogP contribution in [-0.4, -0.2) is 18.8 Å². The number of hydrogen-bond acceptors (Lipinski definition) is 1. The van der Waals surface area contributed by atoms with Gasteiger partial charge in [-0.2, -0.15) is 0 Å². The van der Waals surface area contributed by atoms with E-state index in [9.17, 15) is 0 Å². The molecule has 0 aromatic carbocycles. The molecule has 0 amide bonds. The van der Waals surface area contributed by atoms with E-state index >= 15 is 0 Å². The van der Waals surface area contributed by atoms with Gasteiger partial charge in [0.25, 0.3) is 0 Å². The number of hydrogen-bond donors (Lipinski definition) is 0. The van der Waals surface area contributed by atoms with Gasteiger partial charge in [0.1, 0.15) is 0 Å². The van der Waals surface area contributed by atoms with E-state index in [4.69, 9.17) is 4.12 Å². The van der Waals surface area contributed by atoms with Crippen molar-refractivity contribution in [3.8, 4) is 0 Å². The van der Waals surface area contributed by atoms with Crippen molar-refractivity contribution in [2.75, 3.05) is 0 Å². The highest BCUT2D eigenvalue weighted by molar-refractivity contribution is 6.73. The first-order valence-electron chi connectivity index (χ1n) is 5.32. The smallest absolute Gasteiger partial charge is 0.230 e. The SMILES string of the molecule is CC(C)CCCCC[Si](C)(C)O[Si]. The first kappa shape index (κ1) is 13.4. The van der Waals surface area contributed by atoms with Gasteiger partial charge in [0, 0.05) is 0 Å². The Morgan fingerprint density at radius 3 is 2.23 bits per heavy atom.